The van der Waals surface area contributed by atoms with Crippen molar-refractivity contribution in [1.29, 1.82) is 0 Å². The zero-order chi connectivity index (χ0) is 35.2. The highest BCUT2D eigenvalue weighted by atomic mass is 16.3. The molecule has 4 heteroatoms. The van der Waals surface area contributed by atoms with Crippen molar-refractivity contribution in [2.45, 2.75) is 194 Å². The van der Waals surface area contributed by atoms with Crippen molar-refractivity contribution in [2.75, 3.05) is 0 Å². The standard InChI is InChI=1S/C44H70N2O2/c1-9-11-13-15-17-19-23-33-27-35(41(47)37(29-33)43(3,4)5)31-45-39-25-21-22-26-40(39)46-32-36-28-34(24-20-18-16-14-12-10-2)30-38(42(36)48)44(6,7)8/h27-32,39-40,47-48H,9-26H2,1-8H3/t39-,40-/m1/s1. The van der Waals surface area contributed by atoms with Crippen molar-refractivity contribution in [3.05, 3.63) is 57.6 Å². The Morgan fingerprint density at radius 2 is 0.917 bits per heavy atom. The largest absolute Gasteiger partial charge is 0.507 e. The predicted molar refractivity (Wildman–Crippen MR) is 209 cm³/mol. The van der Waals surface area contributed by atoms with Crippen molar-refractivity contribution in [1.82, 2.24) is 0 Å². The summed E-state index contributed by atoms with van der Waals surface area (Å²) in [6.45, 7) is 17.6. The molecule has 48 heavy (non-hydrogen) atoms. The lowest BCUT2D eigenvalue weighted by Gasteiger charge is -2.26. The number of hydrogen-bond acceptors (Lipinski definition) is 4. The summed E-state index contributed by atoms with van der Waals surface area (Å²) in [5.41, 5.74) is 5.92. The van der Waals surface area contributed by atoms with Crippen LogP contribution in [0.3, 0.4) is 0 Å². The second-order valence-electron chi connectivity index (χ2n) is 16.7. The van der Waals surface area contributed by atoms with Crippen LogP contribution in [0.5, 0.6) is 11.5 Å². The van der Waals surface area contributed by atoms with E-state index in [4.69, 9.17) is 9.98 Å². The Hall–Kier alpha value is -2.62. The van der Waals surface area contributed by atoms with Crippen LogP contribution >= 0.6 is 0 Å². The highest BCUT2D eigenvalue weighted by molar-refractivity contribution is 5.86. The first-order chi connectivity index (χ1) is 22.8. The van der Waals surface area contributed by atoms with Crippen molar-refractivity contribution in [3.63, 3.8) is 0 Å². The molecule has 2 aromatic rings. The van der Waals surface area contributed by atoms with Gasteiger partial charge >= 0.3 is 0 Å². The Labute approximate surface area is 295 Å². The van der Waals surface area contributed by atoms with Crippen molar-refractivity contribution < 1.29 is 10.2 Å². The maximum absolute atomic E-state index is 11.4. The monoisotopic (exact) mass is 659 g/mol. The zero-order valence-electron chi connectivity index (χ0n) is 32.1. The molecule has 0 radical (unpaired) electrons. The van der Waals surface area contributed by atoms with Gasteiger partial charge in [0.15, 0.2) is 0 Å². The molecule has 1 saturated carbocycles. The van der Waals surface area contributed by atoms with Crippen LogP contribution in [-0.2, 0) is 23.7 Å². The van der Waals surface area contributed by atoms with Crippen molar-refractivity contribution in [2.24, 2.45) is 9.98 Å². The quantitative estimate of drug-likeness (QED) is 0.124. The minimum Gasteiger partial charge on any atom is -0.507 e. The third-order valence-electron chi connectivity index (χ3n) is 10.2. The van der Waals surface area contributed by atoms with Gasteiger partial charge in [-0.3, -0.25) is 9.98 Å². The van der Waals surface area contributed by atoms with Gasteiger partial charge in [-0.1, -0.05) is 145 Å². The van der Waals surface area contributed by atoms with E-state index in [2.05, 4.69) is 79.7 Å². The van der Waals surface area contributed by atoms with Gasteiger partial charge in [-0.05, 0) is 72.6 Å². The van der Waals surface area contributed by atoms with Gasteiger partial charge in [0.05, 0.1) is 12.1 Å². The van der Waals surface area contributed by atoms with Crippen LogP contribution in [0, 0.1) is 0 Å². The van der Waals surface area contributed by atoms with Gasteiger partial charge in [0.25, 0.3) is 0 Å². The summed E-state index contributed by atoms with van der Waals surface area (Å²) in [6.07, 6.45) is 25.5. The number of aliphatic imine (C=N–C) groups is 2. The fourth-order valence-electron chi connectivity index (χ4n) is 7.08. The van der Waals surface area contributed by atoms with Crippen LogP contribution in [0.25, 0.3) is 0 Å². The average Bonchev–Trinajstić information content (AvgIpc) is 3.03. The molecule has 0 heterocycles. The van der Waals surface area contributed by atoms with Gasteiger partial charge in [-0.2, -0.15) is 0 Å². The summed E-state index contributed by atoms with van der Waals surface area (Å²) < 4.78 is 0. The first-order valence-corrected chi connectivity index (χ1v) is 19.6. The topological polar surface area (TPSA) is 65.2 Å². The van der Waals surface area contributed by atoms with E-state index in [1.165, 1.54) is 88.2 Å². The van der Waals surface area contributed by atoms with E-state index in [0.29, 0.717) is 11.5 Å². The van der Waals surface area contributed by atoms with Gasteiger partial charge in [-0.25, -0.2) is 0 Å². The first-order valence-electron chi connectivity index (χ1n) is 19.6. The number of phenols is 2. The number of unbranched alkanes of at least 4 members (excludes halogenated alkanes) is 10. The normalized spacial score (nSPS) is 17.6. The van der Waals surface area contributed by atoms with Gasteiger partial charge in [0.1, 0.15) is 11.5 Å². The van der Waals surface area contributed by atoms with E-state index in [-0.39, 0.29) is 22.9 Å². The van der Waals surface area contributed by atoms with Crippen LogP contribution < -0.4 is 0 Å². The summed E-state index contributed by atoms with van der Waals surface area (Å²) in [5.74, 6) is 0.714. The van der Waals surface area contributed by atoms with Gasteiger partial charge < -0.3 is 10.2 Å². The Bertz CT molecular complexity index is 1210. The fraction of sp³-hybridized carbons (Fsp3) is 0.682. The number of benzene rings is 2. The average molecular weight is 659 g/mol. The molecule has 0 amide bonds. The molecule has 268 valence electrons. The van der Waals surface area contributed by atoms with Crippen LogP contribution in [0.1, 0.15) is 192 Å². The molecule has 2 N–H and O–H groups in total. The van der Waals surface area contributed by atoms with E-state index in [0.717, 1.165) is 60.8 Å². The summed E-state index contributed by atoms with van der Waals surface area (Å²) >= 11 is 0. The van der Waals surface area contributed by atoms with Crippen LogP contribution in [0.15, 0.2) is 34.3 Å². The number of aryl methyl sites for hydroxylation is 2. The van der Waals surface area contributed by atoms with E-state index < -0.39 is 0 Å². The summed E-state index contributed by atoms with van der Waals surface area (Å²) in [4.78, 5) is 10.2. The smallest absolute Gasteiger partial charge is 0.128 e. The molecule has 4 nitrogen and oxygen atoms in total. The van der Waals surface area contributed by atoms with E-state index in [1.54, 1.807) is 0 Å². The summed E-state index contributed by atoms with van der Waals surface area (Å²) in [7, 11) is 0. The Kier molecular flexibility index (Phi) is 16.2. The van der Waals surface area contributed by atoms with E-state index >= 15 is 0 Å². The zero-order valence-corrected chi connectivity index (χ0v) is 32.1. The molecule has 0 bridgehead atoms. The molecule has 1 fully saturated rings. The molecule has 1 aliphatic carbocycles. The lowest BCUT2D eigenvalue weighted by atomic mass is 9.83. The molecule has 0 aromatic heterocycles. The number of aromatic hydroxyl groups is 2. The molecule has 1 aliphatic rings. The lowest BCUT2D eigenvalue weighted by molar-refractivity contribution is 0.390. The summed E-state index contributed by atoms with van der Waals surface area (Å²) in [5, 5.41) is 22.8. The highest BCUT2D eigenvalue weighted by Gasteiger charge is 2.26. The Morgan fingerprint density at radius 1 is 0.562 bits per heavy atom. The van der Waals surface area contributed by atoms with E-state index in [9.17, 15) is 10.2 Å². The third-order valence-corrected chi connectivity index (χ3v) is 10.2. The van der Waals surface area contributed by atoms with Crippen LogP contribution in [0.4, 0.5) is 0 Å². The molecule has 2 atom stereocenters. The molecule has 0 aliphatic heterocycles. The van der Waals surface area contributed by atoms with Gasteiger partial charge in [-0.15, -0.1) is 0 Å². The minimum absolute atomic E-state index is 0.0604. The van der Waals surface area contributed by atoms with Crippen molar-refractivity contribution in [3.8, 4) is 11.5 Å². The molecule has 0 unspecified atom stereocenters. The van der Waals surface area contributed by atoms with Crippen LogP contribution in [0.2, 0.25) is 0 Å². The Morgan fingerprint density at radius 3 is 1.27 bits per heavy atom. The second kappa shape index (κ2) is 19.5. The molecular formula is C44H70N2O2. The molecule has 0 spiro atoms. The molecule has 2 aromatic carbocycles. The number of phenolic OH excluding ortho intramolecular Hbond substituents is 2. The lowest BCUT2D eigenvalue weighted by Crippen LogP contribution is -2.27. The second-order valence-corrected chi connectivity index (χ2v) is 16.7. The molecular weight excluding hydrogens is 588 g/mol. The Balaban J connectivity index is 1.81. The number of hydrogen-bond donors (Lipinski definition) is 2. The first kappa shape index (κ1) is 39.8. The van der Waals surface area contributed by atoms with Gasteiger partial charge in [0.2, 0.25) is 0 Å². The SMILES string of the molecule is CCCCCCCCc1cc(C=N[C@@H]2CCCC[C@H]2N=Cc2cc(CCCCCCCC)cc(C(C)(C)C)c2O)c(O)c(C(C)(C)C)c1. The summed E-state index contributed by atoms with van der Waals surface area (Å²) in [6, 6.07) is 8.86. The predicted octanol–water partition coefficient (Wildman–Crippen LogP) is 12.3. The van der Waals surface area contributed by atoms with Gasteiger partial charge in [0, 0.05) is 34.7 Å². The van der Waals surface area contributed by atoms with Crippen molar-refractivity contribution >= 4 is 12.4 Å². The van der Waals surface area contributed by atoms with Crippen LogP contribution in [-0.4, -0.2) is 34.7 Å². The highest BCUT2D eigenvalue weighted by Crippen LogP contribution is 2.36. The fourth-order valence-corrected chi connectivity index (χ4v) is 7.08. The number of rotatable bonds is 18. The molecule has 3 rings (SSSR count). The van der Waals surface area contributed by atoms with E-state index in [1.807, 2.05) is 12.4 Å². The minimum atomic E-state index is -0.154. The number of nitrogens with zero attached hydrogens (tertiary/aromatic N) is 2. The molecule has 0 saturated heterocycles. The maximum Gasteiger partial charge on any atom is 0.128 e. The third kappa shape index (κ3) is 12.7. The maximum atomic E-state index is 11.4.